The summed E-state index contributed by atoms with van der Waals surface area (Å²) in [6.45, 7) is 0. The first-order chi connectivity index (χ1) is 10.6. The highest BCUT2D eigenvalue weighted by Crippen LogP contribution is 2.31. The molecule has 3 rings (SSSR count). The van der Waals surface area contributed by atoms with Gasteiger partial charge in [-0.1, -0.05) is 0 Å². The average molecular weight is 423 g/mol. The SMILES string of the molecule is CN=C1S/C(=C/c2cccn2-c2ccc(I)cc2)C(=O)N1C. The normalized spacial score (nSPS) is 18.7. The summed E-state index contributed by atoms with van der Waals surface area (Å²) in [5.74, 6) is -0.0130. The Balaban J connectivity index is 1.98. The van der Waals surface area contributed by atoms with Gasteiger partial charge in [0, 0.05) is 35.2 Å². The maximum absolute atomic E-state index is 12.2. The van der Waals surface area contributed by atoms with E-state index in [1.807, 2.05) is 24.4 Å². The Morgan fingerprint density at radius 1 is 1.23 bits per heavy atom. The van der Waals surface area contributed by atoms with Crippen molar-refractivity contribution < 1.29 is 4.79 Å². The number of amides is 1. The van der Waals surface area contributed by atoms with E-state index in [0.29, 0.717) is 4.91 Å². The van der Waals surface area contributed by atoms with E-state index in [1.165, 1.54) is 15.3 Å². The second-order valence-electron chi connectivity index (χ2n) is 4.76. The summed E-state index contributed by atoms with van der Waals surface area (Å²) in [6, 6.07) is 12.2. The second kappa shape index (κ2) is 6.29. The summed E-state index contributed by atoms with van der Waals surface area (Å²) < 4.78 is 3.26. The molecule has 1 aliphatic rings. The molecule has 0 bridgehead atoms. The van der Waals surface area contributed by atoms with Crippen molar-refractivity contribution in [2.75, 3.05) is 14.1 Å². The molecule has 1 saturated heterocycles. The molecule has 1 aromatic heterocycles. The van der Waals surface area contributed by atoms with Crippen LogP contribution in [0.3, 0.4) is 0 Å². The van der Waals surface area contributed by atoms with E-state index in [9.17, 15) is 4.79 Å². The first kappa shape index (κ1) is 15.4. The molecular weight excluding hydrogens is 409 g/mol. The van der Waals surface area contributed by atoms with Crippen LogP contribution >= 0.6 is 34.4 Å². The highest BCUT2D eigenvalue weighted by molar-refractivity contribution is 14.1. The average Bonchev–Trinajstić information content (AvgIpc) is 3.08. The molecule has 0 aliphatic carbocycles. The van der Waals surface area contributed by atoms with Crippen molar-refractivity contribution in [3.63, 3.8) is 0 Å². The van der Waals surface area contributed by atoms with Crippen molar-refractivity contribution >= 4 is 51.5 Å². The number of nitrogens with zero attached hydrogens (tertiary/aromatic N) is 3. The van der Waals surface area contributed by atoms with Crippen LogP contribution in [0.15, 0.2) is 52.5 Å². The molecule has 112 valence electrons. The van der Waals surface area contributed by atoms with Gasteiger partial charge in [0.25, 0.3) is 5.91 Å². The molecule has 22 heavy (non-hydrogen) atoms. The number of aliphatic imine (C=N–C) groups is 1. The third-order valence-corrected chi connectivity index (χ3v) is 5.23. The number of halogens is 1. The molecule has 1 aromatic carbocycles. The second-order valence-corrected chi connectivity index (χ2v) is 7.02. The number of carbonyl (C=O) groups excluding carboxylic acids is 1. The predicted molar refractivity (Wildman–Crippen MR) is 100 cm³/mol. The molecule has 0 atom stereocenters. The van der Waals surface area contributed by atoms with Crippen molar-refractivity contribution in [2.24, 2.45) is 4.99 Å². The van der Waals surface area contributed by atoms with Crippen LogP contribution in [0.2, 0.25) is 0 Å². The Bertz CT molecular complexity index is 777. The lowest BCUT2D eigenvalue weighted by atomic mass is 10.3. The number of carbonyl (C=O) groups is 1. The van der Waals surface area contributed by atoms with Gasteiger partial charge in [0.15, 0.2) is 5.17 Å². The van der Waals surface area contributed by atoms with Crippen LogP contribution in [-0.4, -0.2) is 34.6 Å². The first-order valence-electron chi connectivity index (χ1n) is 6.68. The fraction of sp³-hybridized carbons (Fsp3) is 0.125. The van der Waals surface area contributed by atoms with Crippen LogP contribution in [0.25, 0.3) is 11.8 Å². The van der Waals surface area contributed by atoms with Gasteiger partial charge in [-0.25, -0.2) is 0 Å². The zero-order chi connectivity index (χ0) is 15.7. The number of benzene rings is 1. The summed E-state index contributed by atoms with van der Waals surface area (Å²) in [5.41, 5.74) is 2.05. The van der Waals surface area contributed by atoms with Crippen molar-refractivity contribution in [3.8, 4) is 5.69 Å². The number of aromatic nitrogens is 1. The van der Waals surface area contributed by atoms with Crippen molar-refractivity contribution in [1.82, 2.24) is 9.47 Å². The van der Waals surface area contributed by atoms with Crippen molar-refractivity contribution in [2.45, 2.75) is 0 Å². The number of hydrogen-bond acceptors (Lipinski definition) is 3. The van der Waals surface area contributed by atoms with Gasteiger partial charge >= 0.3 is 0 Å². The minimum Gasteiger partial charge on any atom is -0.317 e. The topological polar surface area (TPSA) is 37.6 Å². The van der Waals surface area contributed by atoms with E-state index < -0.39 is 0 Å². The Labute approximate surface area is 147 Å². The number of rotatable bonds is 2. The fourth-order valence-corrected chi connectivity index (χ4v) is 3.50. The minimum atomic E-state index is -0.0130. The van der Waals surface area contributed by atoms with Crippen LogP contribution in [0.1, 0.15) is 5.69 Å². The highest BCUT2D eigenvalue weighted by atomic mass is 127. The van der Waals surface area contributed by atoms with Crippen LogP contribution in [0, 0.1) is 3.57 Å². The van der Waals surface area contributed by atoms with Gasteiger partial charge in [-0.05, 0) is 76.8 Å². The van der Waals surface area contributed by atoms with Crippen molar-refractivity contribution in [3.05, 3.63) is 56.8 Å². The lowest BCUT2D eigenvalue weighted by Gasteiger charge is -2.07. The van der Waals surface area contributed by atoms with Gasteiger partial charge in [0.2, 0.25) is 0 Å². The van der Waals surface area contributed by atoms with E-state index >= 15 is 0 Å². The molecular formula is C16H14IN3OS. The van der Waals surface area contributed by atoms with E-state index in [2.05, 4.69) is 56.4 Å². The summed E-state index contributed by atoms with van der Waals surface area (Å²) in [4.78, 5) is 18.6. The molecule has 2 aromatic rings. The molecule has 0 N–H and O–H groups in total. The molecule has 2 heterocycles. The zero-order valence-electron chi connectivity index (χ0n) is 12.2. The summed E-state index contributed by atoms with van der Waals surface area (Å²) in [7, 11) is 3.44. The number of likely N-dealkylation sites (N-methyl/N-ethyl adjacent to an activating group) is 1. The molecule has 1 aliphatic heterocycles. The Morgan fingerprint density at radius 2 is 1.95 bits per heavy atom. The number of amidine groups is 1. The highest BCUT2D eigenvalue weighted by Gasteiger charge is 2.29. The largest absolute Gasteiger partial charge is 0.317 e. The Hall–Kier alpha value is -1.54. The maximum Gasteiger partial charge on any atom is 0.266 e. The van der Waals surface area contributed by atoms with Gasteiger partial charge in [-0.15, -0.1) is 0 Å². The number of hydrogen-bond donors (Lipinski definition) is 0. The van der Waals surface area contributed by atoms with Crippen LogP contribution < -0.4 is 0 Å². The zero-order valence-corrected chi connectivity index (χ0v) is 15.1. The standard InChI is InChI=1S/C16H14IN3OS/c1-18-16-19(2)15(21)14(22-16)10-13-4-3-9-20(13)12-7-5-11(17)6-8-12/h3-10H,1-2H3/b14-10+,18-16?. The van der Waals surface area contributed by atoms with Gasteiger partial charge in [0.1, 0.15) is 0 Å². The molecule has 1 fully saturated rings. The van der Waals surface area contributed by atoms with E-state index in [4.69, 9.17) is 0 Å². The minimum absolute atomic E-state index is 0.0130. The monoisotopic (exact) mass is 423 g/mol. The van der Waals surface area contributed by atoms with Gasteiger partial charge < -0.3 is 4.57 Å². The quantitative estimate of drug-likeness (QED) is 0.547. The smallest absolute Gasteiger partial charge is 0.266 e. The van der Waals surface area contributed by atoms with Crippen LogP contribution in [0.4, 0.5) is 0 Å². The predicted octanol–water partition coefficient (Wildman–Crippen LogP) is 3.61. The third kappa shape index (κ3) is 2.85. The molecule has 0 spiro atoms. The maximum atomic E-state index is 12.2. The molecule has 4 nitrogen and oxygen atoms in total. The van der Waals surface area contributed by atoms with Gasteiger partial charge in [-0.3, -0.25) is 14.7 Å². The first-order valence-corrected chi connectivity index (χ1v) is 8.57. The van der Waals surface area contributed by atoms with E-state index in [1.54, 1.807) is 19.0 Å². The van der Waals surface area contributed by atoms with Crippen molar-refractivity contribution in [1.29, 1.82) is 0 Å². The molecule has 1 amide bonds. The summed E-state index contributed by atoms with van der Waals surface area (Å²) in [6.07, 6.45) is 3.91. The molecule has 0 radical (unpaired) electrons. The van der Waals surface area contributed by atoms with E-state index in [0.717, 1.165) is 16.5 Å². The third-order valence-electron chi connectivity index (χ3n) is 3.36. The number of thioether (sulfide) groups is 1. The molecule has 6 heteroatoms. The van der Waals surface area contributed by atoms with Gasteiger partial charge in [-0.2, -0.15) is 0 Å². The Kier molecular flexibility index (Phi) is 4.39. The molecule has 0 unspecified atom stereocenters. The fourth-order valence-electron chi connectivity index (χ4n) is 2.23. The van der Waals surface area contributed by atoms with Gasteiger partial charge in [0.05, 0.1) is 4.91 Å². The lowest BCUT2D eigenvalue weighted by molar-refractivity contribution is -0.121. The molecule has 0 saturated carbocycles. The lowest BCUT2D eigenvalue weighted by Crippen LogP contribution is -2.23. The summed E-state index contributed by atoms with van der Waals surface area (Å²) in [5, 5.41) is 0.726. The van der Waals surface area contributed by atoms with E-state index in [-0.39, 0.29) is 5.91 Å². The van der Waals surface area contributed by atoms with Crippen LogP contribution in [0.5, 0.6) is 0 Å². The van der Waals surface area contributed by atoms with Crippen LogP contribution in [-0.2, 0) is 4.79 Å². The Morgan fingerprint density at radius 3 is 2.59 bits per heavy atom. The summed E-state index contributed by atoms with van der Waals surface area (Å²) >= 11 is 3.69.